The molecule has 28 heavy (non-hydrogen) atoms. The van der Waals surface area contributed by atoms with Crippen LogP contribution in [0.4, 0.5) is 13.2 Å². The van der Waals surface area contributed by atoms with Crippen molar-refractivity contribution in [2.75, 3.05) is 0 Å². The van der Waals surface area contributed by atoms with Gasteiger partial charge in [-0.3, -0.25) is 4.79 Å². The summed E-state index contributed by atoms with van der Waals surface area (Å²) in [5, 5.41) is 15.2. The number of carbonyl (C=O) groups excluding carboxylic acids is 1. The second-order valence-electron chi connectivity index (χ2n) is 6.70. The van der Waals surface area contributed by atoms with E-state index in [0.717, 1.165) is 0 Å². The number of amides is 1. The maximum Gasteiger partial charge on any atom is 0.408 e. The van der Waals surface area contributed by atoms with Gasteiger partial charge in [-0.1, -0.05) is 0 Å². The van der Waals surface area contributed by atoms with Gasteiger partial charge in [-0.25, -0.2) is 9.50 Å². The Hall–Kier alpha value is -3.35. The molecule has 1 amide bonds. The monoisotopic (exact) mass is 389 g/mol. The number of halogens is 3. The van der Waals surface area contributed by atoms with Gasteiger partial charge in [-0.2, -0.15) is 23.5 Å². The molecule has 3 aromatic rings. The molecule has 0 aromatic carbocycles. The molecule has 144 valence electrons. The lowest BCUT2D eigenvalue weighted by atomic mass is 10.2. The summed E-state index contributed by atoms with van der Waals surface area (Å²) in [5.74, 6) is -1.41. The number of aryl methyl sites for hydroxylation is 1. The Balaban J connectivity index is 1.71. The summed E-state index contributed by atoms with van der Waals surface area (Å²) >= 11 is 0. The first kappa shape index (κ1) is 18.0. The molecule has 7 nitrogen and oxygen atoms in total. The molecule has 3 aromatic heterocycles. The van der Waals surface area contributed by atoms with E-state index in [2.05, 4.69) is 15.4 Å². The molecule has 1 saturated carbocycles. The Bertz CT molecular complexity index is 1100. The quantitative estimate of drug-likeness (QED) is 0.739. The molecule has 3 heterocycles. The fourth-order valence-electron chi connectivity index (χ4n) is 3.04. The molecule has 0 radical (unpaired) electrons. The van der Waals surface area contributed by atoms with Gasteiger partial charge in [0.1, 0.15) is 17.8 Å². The van der Waals surface area contributed by atoms with E-state index in [1.54, 1.807) is 19.1 Å². The molecule has 10 heteroatoms. The number of furan rings is 1. The van der Waals surface area contributed by atoms with Gasteiger partial charge in [0.25, 0.3) is 5.91 Å². The Kier molecular flexibility index (Phi) is 4.10. The van der Waals surface area contributed by atoms with Crippen LogP contribution in [0.1, 0.15) is 34.8 Å². The third-order valence-electron chi connectivity index (χ3n) is 4.61. The Labute approximate surface area is 156 Å². The molecule has 1 fully saturated rings. The largest absolute Gasteiger partial charge is 0.444 e. The number of nitrogens with one attached hydrogen (secondary N) is 1. The second-order valence-corrected chi connectivity index (χ2v) is 6.70. The molecule has 0 unspecified atom stereocenters. The van der Waals surface area contributed by atoms with Crippen LogP contribution >= 0.6 is 0 Å². The van der Waals surface area contributed by atoms with Crippen LogP contribution in [-0.2, 0) is 0 Å². The minimum absolute atomic E-state index is 0.0931. The summed E-state index contributed by atoms with van der Waals surface area (Å²) in [6, 6.07) is 4.67. The van der Waals surface area contributed by atoms with Crippen LogP contribution in [0.5, 0.6) is 0 Å². The molecule has 0 saturated heterocycles. The van der Waals surface area contributed by atoms with Crippen molar-refractivity contribution < 1.29 is 22.4 Å². The van der Waals surface area contributed by atoms with Crippen LogP contribution in [0.15, 0.2) is 28.8 Å². The fourth-order valence-corrected chi connectivity index (χ4v) is 3.04. The first-order chi connectivity index (χ1) is 13.3. The number of rotatable bonds is 4. The van der Waals surface area contributed by atoms with Crippen molar-refractivity contribution in [1.29, 1.82) is 5.26 Å². The number of nitriles is 1. The maximum atomic E-state index is 13.2. The molecular formula is C18H14F3N5O2. The number of alkyl halides is 3. The third-order valence-corrected chi connectivity index (χ3v) is 4.61. The molecule has 1 N–H and O–H groups in total. The van der Waals surface area contributed by atoms with E-state index < -0.39 is 24.0 Å². The lowest BCUT2D eigenvalue weighted by Crippen LogP contribution is -2.47. The van der Waals surface area contributed by atoms with Gasteiger partial charge in [0.05, 0.1) is 11.7 Å². The number of nitrogens with zero attached hydrogens (tertiary/aromatic N) is 4. The van der Waals surface area contributed by atoms with Crippen molar-refractivity contribution in [2.24, 2.45) is 5.92 Å². The molecule has 0 spiro atoms. The van der Waals surface area contributed by atoms with Gasteiger partial charge in [0.2, 0.25) is 11.6 Å². The van der Waals surface area contributed by atoms with E-state index >= 15 is 0 Å². The zero-order valence-electron chi connectivity index (χ0n) is 14.6. The highest BCUT2D eigenvalue weighted by atomic mass is 19.4. The summed E-state index contributed by atoms with van der Waals surface area (Å²) in [6.45, 7) is 1.75. The zero-order valence-corrected chi connectivity index (χ0v) is 14.6. The average molecular weight is 389 g/mol. The van der Waals surface area contributed by atoms with E-state index in [1.165, 1.54) is 16.8 Å². The van der Waals surface area contributed by atoms with Gasteiger partial charge in [-0.05, 0) is 49.4 Å². The van der Waals surface area contributed by atoms with Crippen LogP contribution in [0.2, 0.25) is 0 Å². The van der Waals surface area contributed by atoms with Crippen molar-refractivity contribution in [2.45, 2.75) is 32.0 Å². The summed E-state index contributed by atoms with van der Waals surface area (Å²) in [5.41, 5.74) is 1.50. The van der Waals surface area contributed by atoms with E-state index in [9.17, 15) is 18.0 Å². The van der Waals surface area contributed by atoms with Crippen molar-refractivity contribution >= 4 is 11.4 Å². The van der Waals surface area contributed by atoms with Crippen LogP contribution in [0.3, 0.4) is 0 Å². The van der Waals surface area contributed by atoms with Gasteiger partial charge >= 0.3 is 6.18 Å². The smallest absolute Gasteiger partial charge is 0.408 e. The lowest BCUT2D eigenvalue weighted by Gasteiger charge is -2.20. The van der Waals surface area contributed by atoms with E-state index in [0.29, 0.717) is 35.4 Å². The molecule has 1 aliphatic rings. The molecule has 0 aliphatic heterocycles. The Morgan fingerprint density at radius 2 is 2.18 bits per heavy atom. The minimum Gasteiger partial charge on any atom is -0.444 e. The van der Waals surface area contributed by atoms with Crippen LogP contribution < -0.4 is 5.32 Å². The van der Waals surface area contributed by atoms with Gasteiger partial charge in [-0.15, -0.1) is 0 Å². The summed E-state index contributed by atoms with van der Waals surface area (Å²) in [4.78, 5) is 16.5. The Morgan fingerprint density at radius 1 is 1.43 bits per heavy atom. The number of fused-ring (bicyclic) bond motifs is 1. The summed E-state index contributed by atoms with van der Waals surface area (Å²) in [7, 11) is 0. The Morgan fingerprint density at radius 3 is 2.79 bits per heavy atom. The molecule has 4 rings (SSSR count). The van der Waals surface area contributed by atoms with Crippen molar-refractivity contribution in [3.8, 4) is 17.5 Å². The van der Waals surface area contributed by atoms with Crippen molar-refractivity contribution in [3.63, 3.8) is 0 Å². The topological polar surface area (TPSA) is 96.2 Å². The van der Waals surface area contributed by atoms with E-state index in [1.807, 2.05) is 6.07 Å². The first-order valence-electron chi connectivity index (χ1n) is 8.51. The number of carbonyl (C=O) groups is 1. The standard InChI is InChI=1S/C18H14F3N5O2/c1-9-6-12(14-5-4-11(7-22)28-14)25-26-13(9)8-23-16(26)17(27)24-15(10-2-3-10)18(19,20)21/h4-6,8,10,15H,2-3H2,1H3,(H,24,27)/t15-/m0/s1. The van der Waals surface area contributed by atoms with E-state index in [-0.39, 0.29) is 11.6 Å². The highest BCUT2D eigenvalue weighted by Crippen LogP contribution is 2.40. The molecule has 1 atom stereocenters. The maximum absolute atomic E-state index is 13.2. The number of imidazole rings is 1. The summed E-state index contributed by atoms with van der Waals surface area (Å²) in [6.07, 6.45) is -2.30. The van der Waals surface area contributed by atoms with Crippen LogP contribution in [0.25, 0.3) is 17.0 Å². The number of hydrogen-bond donors (Lipinski definition) is 1. The lowest BCUT2D eigenvalue weighted by molar-refractivity contribution is -0.158. The molecule has 0 bridgehead atoms. The fraction of sp³-hybridized carbons (Fsp3) is 0.333. The normalized spacial score (nSPS) is 15.4. The van der Waals surface area contributed by atoms with Crippen molar-refractivity contribution in [3.05, 3.63) is 41.5 Å². The molecule has 1 aliphatic carbocycles. The second kappa shape index (κ2) is 6.37. The van der Waals surface area contributed by atoms with Gasteiger partial charge in [0.15, 0.2) is 5.76 Å². The van der Waals surface area contributed by atoms with Crippen LogP contribution in [-0.4, -0.2) is 32.7 Å². The minimum atomic E-state index is -4.53. The zero-order chi connectivity index (χ0) is 20.1. The number of hydrogen-bond acceptors (Lipinski definition) is 5. The predicted molar refractivity (Wildman–Crippen MR) is 90.2 cm³/mol. The van der Waals surface area contributed by atoms with Crippen LogP contribution in [0, 0.1) is 24.2 Å². The van der Waals surface area contributed by atoms with Gasteiger partial charge < -0.3 is 9.73 Å². The molecular weight excluding hydrogens is 375 g/mol. The summed E-state index contributed by atoms with van der Waals surface area (Å²) < 4.78 is 46.2. The van der Waals surface area contributed by atoms with E-state index in [4.69, 9.17) is 9.68 Å². The highest BCUT2D eigenvalue weighted by Gasteiger charge is 2.50. The first-order valence-corrected chi connectivity index (χ1v) is 8.51. The van der Waals surface area contributed by atoms with Crippen molar-refractivity contribution in [1.82, 2.24) is 19.9 Å². The number of aromatic nitrogens is 3. The SMILES string of the molecule is Cc1cc(-c2ccc(C#N)o2)nn2c(C(=O)N[C@@H](C3CC3)C(F)(F)F)ncc12. The average Bonchev–Trinajstić information content (AvgIpc) is 3.18. The third kappa shape index (κ3) is 3.19. The van der Waals surface area contributed by atoms with Gasteiger partial charge in [0, 0.05) is 0 Å². The predicted octanol–water partition coefficient (Wildman–Crippen LogP) is 3.24. The highest BCUT2D eigenvalue weighted by molar-refractivity contribution is 5.92.